The minimum Gasteiger partial charge on any atom is -0.481 e. The van der Waals surface area contributed by atoms with E-state index < -0.39 is 11.4 Å². The van der Waals surface area contributed by atoms with E-state index in [-0.39, 0.29) is 17.4 Å². The predicted octanol–water partition coefficient (Wildman–Crippen LogP) is 2.94. The normalized spacial score (nSPS) is 28.8. The van der Waals surface area contributed by atoms with E-state index in [0.717, 1.165) is 25.7 Å². The molecule has 28 heavy (non-hydrogen) atoms. The van der Waals surface area contributed by atoms with Crippen LogP contribution in [0.15, 0.2) is 24.3 Å². The number of nitrogens with one attached hydrogen (secondary N) is 1. The summed E-state index contributed by atoms with van der Waals surface area (Å²) in [5.41, 5.74) is 1.65. The number of amides is 2. The Hall–Kier alpha value is -2.08. The van der Waals surface area contributed by atoms with Gasteiger partial charge in [0.25, 0.3) is 0 Å². The van der Waals surface area contributed by atoms with Gasteiger partial charge in [-0.1, -0.05) is 30.7 Å². The lowest BCUT2D eigenvalue weighted by Gasteiger charge is -2.39. The van der Waals surface area contributed by atoms with E-state index in [9.17, 15) is 14.7 Å². The molecule has 2 amide bonds. The number of urea groups is 1. The Kier molecular flexibility index (Phi) is 5.08. The lowest BCUT2D eigenvalue weighted by Crippen LogP contribution is -2.49. The first-order valence-corrected chi connectivity index (χ1v) is 10.4. The summed E-state index contributed by atoms with van der Waals surface area (Å²) in [5.74, 6) is -0.657. The van der Waals surface area contributed by atoms with Crippen LogP contribution < -0.4 is 5.32 Å². The van der Waals surface area contributed by atoms with Crippen LogP contribution >= 0.6 is 0 Å². The molecule has 152 valence electrons. The Labute approximate surface area is 166 Å². The van der Waals surface area contributed by atoms with E-state index in [2.05, 4.69) is 30.4 Å². The van der Waals surface area contributed by atoms with Gasteiger partial charge in [0.2, 0.25) is 0 Å². The number of carbonyl (C=O) groups excluding carboxylic acids is 1. The maximum absolute atomic E-state index is 12.9. The fourth-order valence-electron chi connectivity index (χ4n) is 5.62. The topological polar surface area (TPSA) is 78.9 Å². The maximum atomic E-state index is 12.9. The summed E-state index contributed by atoms with van der Waals surface area (Å²) in [4.78, 5) is 26.5. The summed E-state index contributed by atoms with van der Waals surface area (Å²) in [7, 11) is 0. The van der Waals surface area contributed by atoms with Crippen molar-refractivity contribution < 1.29 is 19.4 Å². The molecule has 1 aliphatic carbocycles. The number of hydrogen-bond donors (Lipinski definition) is 2. The number of likely N-dealkylation sites (tertiary alicyclic amines) is 1. The van der Waals surface area contributed by atoms with E-state index in [1.807, 2.05) is 6.07 Å². The highest BCUT2D eigenvalue weighted by atomic mass is 16.5. The monoisotopic (exact) mass is 386 g/mol. The molecule has 1 aromatic rings. The predicted molar refractivity (Wildman–Crippen MR) is 105 cm³/mol. The molecule has 1 aromatic carbocycles. The smallest absolute Gasteiger partial charge is 0.317 e. The summed E-state index contributed by atoms with van der Waals surface area (Å²) in [6, 6.07) is 8.24. The van der Waals surface area contributed by atoms with E-state index >= 15 is 0 Å². The molecule has 1 saturated carbocycles. The van der Waals surface area contributed by atoms with Crippen molar-refractivity contribution in [1.82, 2.24) is 10.2 Å². The maximum Gasteiger partial charge on any atom is 0.317 e. The summed E-state index contributed by atoms with van der Waals surface area (Å²) in [5, 5.41) is 12.9. The van der Waals surface area contributed by atoms with E-state index in [0.29, 0.717) is 39.3 Å². The molecule has 6 nitrogen and oxygen atoms in total. The molecule has 6 heteroatoms. The van der Waals surface area contributed by atoms with Crippen LogP contribution in [-0.4, -0.2) is 54.9 Å². The first-order valence-electron chi connectivity index (χ1n) is 10.4. The zero-order valence-corrected chi connectivity index (χ0v) is 16.6. The van der Waals surface area contributed by atoms with E-state index in [4.69, 9.17) is 4.74 Å². The number of ether oxygens (including phenoxy) is 1. The van der Waals surface area contributed by atoms with Crippen LogP contribution in [0.2, 0.25) is 0 Å². The molecule has 2 aliphatic heterocycles. The van der Waals surface area contributed by atoms with Crippen LogP contribution in [0.3, 0.4) is 0 Å². The lowest BCUT2D eigenvalue weighted by molar-refractivity contribution is -0.149. The van der Waals surface area contributed by atoms with Crippen LogP contribution in [0, 0.1) is 18.3 Å². The second-order valence-corrected chi connectivity index (χ2v) is 8.80. The largest absolute Gasteiger partial charge is 0.481 e. The van der Waals surface area contributed by atoms with Crippen LogP contribution in [0.5, 0.6) is 0 Å². The van der Waals surface area contributed by atoms with Gasteiger partial charge in [-0.05, 0) is 49.7 Å². The van der Waals surface area contributed by atoms with Gasteiger partial charge in [-0.15, -0.1) is 0 Å². The zero-order valence-electron chi connectivity index (χ0n) is 16.6. The van der Waals surface area contributed by atoms with Crippen molar-refractivity contribution in [3.05, 3.63) is 35.4 Å². The third-order valence-electron chi connectivity index (χ3n) is 7.33. The summed E-state index contributed by atoms with van der Waals surface area (Å²) >= 11 is 0. The van der Waals surface area contributed by atoms with Crippen molar-refractivity contribution in [2.45, 2.75) is 44.4 Å². The van der Waals surface area contributed by atoms with Gasteiger partial charge >= 0.3 is 12.0 Å². The van der Waals surface area contributed by atoms with Crippen LogP contribution in [0.4, 0.5) is 4.79 Å². The Morgan fingerprint density at radius 2 is 2.00 bits per heavy atom. The number of carboxylic acid groups (broad SMARTS) is 1. The minimum atomic E-state index is -0.744. The molecule has 4 rings (SSSR count). The molecule has 3 aliphatic rings. The number of rotatable bonds is 4. The molecule has 0 radical (unpaired) electrons. The molecule has 0 aromatic heterocycles. The highest BCUT2D eigenvalue weighted by Gasteiger charge is 2.56. The second-order valence-electron chi connectivity index (χ2n) is 8.80. The van der Waals surface area contributed by atoms with Crippen molar-refractivity contribution in [2.75, 3.05) is 32.8 Å². The third-order valence-corrected chi connectivity index (χ3v) is 7.33. The number of benzene rings is 1. The van der Waals surface area contributed by atoms with Crippen molar-refractivity contribution in [3.63, 3.8) is 0 Å². The molecular formula is C22H30N2O4. The number of carbonyl (C=O) groups is 2. The van der Waals surface area contributed by atoms with E-state index in [1.165, 1.54) is 11.1 Å². The van der Waals surface area contributed by atoms with Crippen LogP contribution in [0.25, 0.3) is 0 Å². The Bertz CT molecular complexity index is 759. The average molecular weight is 386 g/mol. The summed E-state index contributed by atoms with van der Waals surface area (Å²) in [6.45, 7) is 4.95. The van der Waals surface area contributed by atoms with Gasteiger partial charge in [-0.2, -0.15) is 0 Å². The fourth-order valence-corrected chi connectivity index (χ4v) is 5.62. The number of fused-ring (bicyclic) bond motifs is 1. The van der Waals surface area contributed by atoms with Gasteiger partial charge in [0.15, 0.2) is 0 Å². The van der Waals surface area contributed by atoms with Crippen LogP contribution in [0.1, 0.15) is 43.2 Å². The molecule has 0 unspecified atom stereocenters. The third kappa shape index (κ3) is 3.17. The molecule has 2 saturated heterocycles. The average Bonchev–Trinajstić information content (AvgIpc) is 3.26. The lowest BCUT2D eigenvalue weighted by atomic mass is 9.72. The highest BCUT2D eigenvalue weighted by molar-refractivity contribution is 5.80. The molecule has 2 heterocycles. The number of hydrogen-bond acceptors (Lipinski definition) is 3. The Balaban J connectivity index is 1.47. The SMILES string of the molecule is Cc1ccccc1C1(CNC(=O)N2C[C@@H]3CCC[C@@]3(C(=O)O)C2)CCOCC1. The first-order chi connectivity index (χ1) is 13.5. The van der Waals surface area contributed by atoms with Crippen molar-refractivity contribution in [3.8, 4) is 0 Å². The standard InChI is InChI=1S/C22H30N2O4/c1-16-5-2-3-7-18(16)21(9-11-28-12-10-21)14-23-20(27)24-13-17-6-4-8-22(17,15-24)19(25)26/h2-3,5,7,17H,4,6,8-15H2,1H3,(H,23,27)(H,25,26)/t17-,22+/m0/s1. The van der Waals surface area contributed by atoms with Gasteiger partial charge in [0.05, 0.1) is 5.41 Å². The Morgan fingerprint density at radius 1 is 1.25 bits per heavy atom. The zero-order chi connectivity index (χ0) is 19.8. The number of nitrogens with zero attached hydrogens (tertiary/aromatic N) is 1. The number of carboxylic acids is 1. The summed E-state index contributed by atoms with van der Waals surface area (Å²) in [6.07, 6.45) is 4.28. The number of aliphatic carboxylic acids is 1. The fraction of sp³-hybridized carbons (Fsp3) is 0.636. The molecular weight excluding hydrogens is 356 g/mol. The molecule has 3 fully saturated rings. The first kappa shape index (κ1) is 19.2. The molecule has 0 spiro atoms. The van der Waals surface area contributed by atoms with Crippen molar-refractivity contribution >= 4 is 12.0 Å². The van der Waals surface area contributed by atoms with Gasteiger partial charge < -0.3 is 20.1 Å². The van der Waals surface area contributed by atoms with Gasteiger partial charge in [-0.3, -0.25) is 4.79 Å². The molecule has 2 N–H and O–H groups in total. The van der Waals surface area contributed by atoms with E-state index in [1.54, 1.807) is 4.90 Å². The van der Waals surface area contributed by atoms with Crippen molar-refractivity contribution in [2.24, 2.45) is 11.3 Å². The highest BCUT2D eigenvalue weighted by Crippen LogP contribution is 2.49. The quantitative estimate of drug-likeness (QED) is 0.834. The summed E-state index contributed by atoms with van der Waals surface area (Å²) < 4.78 is 5.59. The van der Waals surface area contributed by atoms with Crippen LogP contribution in [-0.2, 0) is 14.9 Å². The minimum absolute atomic E-state index is 0.0872. The van der Waals surface area contributed by atoms with Crippen molar-refractivity contribution in [1.29, 1.82) is 0 Å². The Morgan fingerprint density at radius 3 is 2.68 bits per heavy atom. The van der Waals surface area contributed by atoms with Gasteiger partial charge in [-0.25, -0.2) is 4.79 Å². The van der Waals surface area contributed by atoms with Gasteiger partial charge in [0, 0.05) is 38.3 Å². The van der Waals surface area contributed by atoms with Gasteiger partial charge in [0.1, 0.15) is 0 Å². The number of aryl methyl sites for hydroxylation is 1. The molecule has 2 atom stereocenters. The molecule has 0 bridgehead atoms. The second kappa shape index (κ2) is 7.39.